The molecule has 0 spiro atoms. The zero-order valence-corrected chi connectivity index (χ0v) is 14.7. The third-order valence-electron chi connectivity index (χ3n) is 4.57. The lowest BCUT2D eigenvalue weighted by Gasteiger charge is -2.21. The van der Waals surface area contributed by atoms with Crippen molar-refractivity contribution in [2.75, 3.05) is 13.7 Å². The number of aromatic nitrogens is 4. The van der Waals surface area contributed by atoms with Crippen molar-refractivity contribution in [1.82, 2.24) is 19.7 Å². The Morgan fingerprint density at radius 3 is 2.78 bits per heavy atom. The van der Waals surface area contributed by atoms with Crippen LogP contribution in [0, 0.1) is 0 Å². The van der Waals surface area contributed by atoms with E-state index >= 15 is 0 Å². The van der Waals surface area contributed by atoms with Crippen molar-refractivity contribution in [2.45, 2.75) is 31.1 Å². The van der Waals surface area contributed by atoms with Gasteiger partial charge in [-0.05, 0) is 5.56 Å². The predicted octanol–water partition coefficient (Wildman–Crippen LogP) is 0.671. The van der Waals surface area contributed by atoms with E-state index in [9.17, 15) is 10.2 Å². The molecule has 27 heavy (non-hydrogen) atoms. The van der Waals surface area contributed by atoms with Gasteiger partial charge >= 0.3 is 0 Å². The van der Waals surface area contributed by atoms with Crippen LogP contribution in [0.1, 0.15) is 11.8 Å². The second-order valence-electron chi connectivity index (χ2n) is 6.21. The first-order valence-electron chi connectivity index (χ1n) is 8.55. The average Bonchev–Trinajstić information content (AvgIpc) is 3.27. The van der Waals surface area contributed by atoms with Crippen molar-refractivity contribution in [3.05, 3.63) is 48.4 Å². The Hall–Kier alpha value is -2.59. The van der Waals surface area contributed by atoms with Crippen molar-refractivity contribution in [3.63, 3.8) is 0 Å². The fourth-order valence-corrected chi connectivity index (χ4v) is 3.20. The maximum Gasteiger partial charge on any atom is 0.227 e. The summed E-state index contributed by atoms with van der Waals surface area (Å²) in [7, 11) is 1.52. The molecule has 1 fully saturated rings. The molecule has 4 atom stereocenters. The third-order valence-corrected chi connectivity index (χ3v) is 4.57. The van der Waals surface area contributed by atoms with Gasteiger partial charge in [0.1, 0.15) is 30.0 Å². The van der Waals surface area contributed by atoms with Gasteiger partial charge in [-0.2, -0.15) is 5.10 Å². The predicted molar refractivity (Wildman–Crippen MR) is 93.9 cm³/mol. The summed E-state index contributed by atoms with van der Waals surface area (Å²) in [6.45, 7) is -0.0432. The number of aliphatic hydroxyl groups excluding tert-OH is 2. The Morgan fingerprint density at radius 1 is 1.22 bits per heavy atom. The molecule has 0 amide bonds. The van der Waals surface area contributed by atoms with E-state index in [4.69, 9.17) is 14.2 Å². The van der Waals surface area contributed by atoms with E-state index in [1.165, 1.54) is 18.1 Å². The third kappa shape index (κ3) is 3.26. The van der Waals surface area contributed by atoms with Crippen LogP contribution in [0.5, 0.6) is 5.88 Å². The highest BCUT2D eigenvalue weighted by Gasteiger charge is 2.46. The fourth-order valence-electron chi connectivity index (χ4n) is 3.20. The first kappa shape index (κ1) is 17.8. The van der Waals surface area contributed by atoms with Gasteiger partial charge in [0.2, 0.25) is 5.88 Å². The number of rotatable bonds is 6. The van der Waals surface area contributed by atoms with E-state index in [2.05, 4.69) is 15.1 Å². The molecular formula is C18H20N4O5. The van der Waals surface area contributed by atoms with Crippen LogP contribution in [0.4, 0.5) is 0 Å². The zero-order valence-electron chi connectivity index (χ0n) is 14.7. The smallest absolute Gasteiger partial charge is 0.227 e. The van der Waals surface area contributed by atoms with Crippen molar-refractivity contribution >= 4 is 11.0 Å². The van der Waals surface area contributed by atoms with Gasteiger partial charge in [-0.25, -0.2) is 14.6 Å². The Labute approximate surface area is 155 Å². The lowest BCUT2D eigenvalue weighted by Crippen LogP contribution is -2.35. The van der Waals surface area contributed by atoms with Gasteiger partial charge in [-0.15, -0.1) is 0 Å². The van der Waals surface area contributed by atoms with Crippen LogP contribution in [-0.4, -0.2) is 62.0 Å². The van der Waals surface area contributed by atoms with E-state index in [1.54, 1.807) is 6.20 Å². The van der Waals surface area contributed by atoms with Crippen molar-refractivity contribution in [2.24, 2.45) is 0 Å². The molecule has 3 aromatic rings. The van der Waals surface area contributed by atoms with Crippen LogP contribution in [0.15, 0.2) is 42.9 Å². The molecule has 1 aliphatic heterocycles. The molecule has 142 valence electrons. The minimum atomic E-state index is -1.01. The van der Waals surface area contributed by atoms with Crippen LogP contribution >= 0.6 is 0 Å². The van der Waals surface area contributed by atoms with Gasteiger partial charge in [-0.1, -0.05) is 30.3 Å². The second kappa shape index (κ2) is 7.57. The van der Waals surface area contributed by atoms with Crippen LogP contribution in [-0.2, 0) is 16.1 Å². The largest absolute Gasteiger partial charge is 0.480 e. The standard InChI is InChI=1S/C18H20N4O5/c1-25-17-12-7-21-22(16(12)19-10-20-17)18-15(14(24)13(8-23)27-18)26-9-11-5-3-2-4-6-11/h2-7,10,13-15,18,23-24H,8-9H2,1H3/t13-,14-,15+,18-/m1/s1. The molecule has 0 radical (unpaired) electrons. The number of benzene rings is 1. The zero-order chi connectivity index (χ0) is 18.8. The highest BCUT2D eigenvalue weighted by molar-refractivity contribution is 5.79. The topological polar surface area (TPSA) is 112 Å². The summed E-state index contributed by atoms with van der Waals surface area (Å²) >= 11 is 0. The van der Waals surface area contributed by atoms with Gasteiger partial charge < -0.3 is 24.4 Å². The van der Waals surface area contributed by atoms with Crippen LogP contribution in [0.25, 0.3) is 11.0 Å². The second-order valence-corrected chi connectivity index (χ2v) is 6.21. The Bertz CT molecular complexity index is 903. The van der Waals surface area contributed by atoms with Crippen molar-refractivity contribution < 1.29 is 24.4 Å². The summed E-state index contributed by atoms with van der Waals surface area (Å²) in [6.07, 6.45) is -0.326. The van der Waals surface area contributed by atoms with E-state index in [0.29, 0.717) is 16.9 Å². The normalized spacial score (nSPS) is 25.1. The Morgan fingerprint density at radius 2 is 2.04 bits per heavy atom. The molecule has 0 unspecified atom stereocenters. The summed E-state index contributed by atoms with van der Waals surface area (Å²) in [5, 5.41) is 25.0. The molecule has 2 aromatic heterocycles. The van der Waals surface area contributed by atoms with Gasteiger partial charge in [0.05, 0.1) is 26.5 Å². The van der Waals surface area contributed by atoms with E-state index in [0.717, 1.165) is 5.56 Å². The first-order valence-corrected chi connectivity index (χ1v) is 8.55. The maximum absolute atomic E-state index is 10.6. The summed E-state index contributed by atoms with van der Waals surface area (Å²) in [4.78, 5) is 8.31. The molecule has 1 aliphatic rings. The highest BCUT2D eigenvalue weighted by Crippen LogP contribution is 2.34. The summed E-state index contributed by atoms with van der Waals surface area (Å²) in [6, 6.07) is 9.62. The number of aliphatic hydroxyl groups is 2. The molecule has 9 heteroatoms. The Balaban J connectivity index is 1.65. The molecule has 1 saturated heterocycles. The number of hydrogen-bond donors (Lipinski definition) is 2. The molecule has 9 nitrogen and oxygen atoms in total. The van der Waals surface area contributed by atoms with Gasteiger partial charge in [0.25, 0.3) is 0 Å². The molecule has 0 bridgehead atoms. The number of fused-ring (bicyclic) bond motifs is 1. The van der Waals surface area contributed by atoms with E-state index in [1.807, 2.05) is 30.3 Å². The van der Waals surface area contributed by atoms with Gasteiger partial charge in [0.15, 0.2) is 11.9 Å². The summed E-state index contributed by atoms with van der Waals surface area (Å²) in [5.41, 5.74) is 1.45. The average molecular weight is 372 g/mol. The van der Waals surface area contributed by atoms with E-state index < -0.39 is 24.5 Å². The number of nitrogens with zero attached hydrogens (tertiary/aromatic N) is 4. The molecule has 4 rings (SSSR count). The molecule has 1 aromatic carbocycles. The number of hydrogen-bond acceptors (Lipinski definition) is 8. The molecule has 0 aliphatic carbocycles. The van der Waals surface area contributed by atoms with Crippen LogP contribution in [0.3, 0.4) is 0 Å². The Kier molecular flexibility index (Phi) is 4.99. The van der Waals surface area contributed by atoms with Crippen molar-refractivity contribution in [3.8, 4) is 5.88 Å². The summed E-state index contributed by atoms with van der Waals surface area (Å²) in [5.74, 6) is 0.394. The fraction of sp³-hybridized carbons (Fsp3) is 0.389. The maximum atomic E-state index is 10.6. The molecule has 0 saturated carbocycles. The monoisotopic (exact) mass is 372 g/mol. The first-order chi connectivity index (χ1) is 13.2. The minimum Gasteiger partial charge on any atom is -0.480 e. The number of methoxy groups -OCH3 is 1. The van der Waals surface area contributed by atoms with Crippen molar-refractivity contribution in [1.29, 1.82) is 0 Å². The van der Waals surface area contributed by atoms with Gasteiger partial charge in [-0.3, -0.25) is 0 Å². The summed E-state index contributed by atoms with van der Waals surface area (Å²) < 4.78 is 18.5. The molecule has 3 heterocycles. The highest BCUT2D eigenvalue weighted by atomic mass is 16.6. The molecular weight excluding hydrogens is 352 g/mol. The molecule has 2 N–H and O–H groups in total. The van der Waals surface area contributed by atoms with E-state index in [-0.39, 0.29) is 13.2 Å². The van der Waals surface area contributed by atoms with Crippen LogP contribution in [0.2, 0.25) is 0 Å². The lowest BCUT2D eigenvalue weighted by atomic mass is 10.1. The van der Waals surface area contributed by atoms with Crippen LogP contribution < -0.4 is 4.74 Å². The quantitative estimate of drug-likeness (QED) is 0.649. The lowest BCUT2D eigenvalue weighted by molar-refractivity contribution is -0.0812. The van der Waals surface area contributed by atoms with Gasteiger partial charge in [0, 0.05) is 0 Å². The minimum absolute atomic E-state index is 0.290. The number of ether oxygens (including phenoxy) is 3. The SMILES string of the molecule is COc1ncnc2c1cnn2[C@@H]1O[C@H](CO)[C@@H](O)[C@@H]1OCc1ccccc1.